The minimum Gasteiger partial charge on any atom is -0.370 e. The molecule has 2 aromatic carbocycles. The molecular formula is C19H21F2N2O2+. The average Bonchev–Trinajstić information content (AvgIpc) is 2.64. The van der Waals surface area contributed by atoms with E-state index in [1.165, 1.54) is 29.2 Å². The molecule has 3 rings (SSSR count). The summed E-state index contributed by atoms with van der Waals surface area (Å²) in [6.45, 7) is 3.24. The minimum absolute atomic E-state index is 0.0253. The predicted octanol–water partition coefficient (Wildman–Crippen LogP) is 1.35. The first-order valence-corrected chi connectivity index (χ1v) is 8.35. The Bertz CT molecular complexity index is 716. The first-order valence-electron chi connectivity index (χ1n) is 8.35. The van der Waals surface area contributed by atoms with Gasteiger partial charge in [0.05, 0.1) is 25.3 Å². The number of carbonyl (C=O) groups excluding carboxylic acids is 1. The Morgan fingerprint density at radius 1 is 1.08 bits per heavy atom. The van der Waals surface area contributed by atoms with Gasteiger partial charge in [0.2, 0.25) is 0 Å². The maximum atomic E-state index is 13.8. The van der Waals surface area contributed by atoms with Crippen LogP contribution in [0.15, 0.2) is 48.5 Å². The van der Waals surface area contributed by atoms with Crippen LogP contribution in [0.2, 0.25) is 0 Å². The number of halogens is 2. The first kappa shape index (κ1) is 17.5. The number of benzene rings is 2. The topological polar surface area (TPSA) is 42.8 Å². The van der Waals surface area contributed by atoms with Crippen LogP contribution in [0.1, 0.15) is 22.0 Å². The molecule has 0 unspecified atom stereocenters. The SMILES string of the molecule is O=C(NC[C@@H](c1ccc(F)cc1)[NH+]1CCOCC1)c1ccccc1F. The van der Waals surface area contributed by atoms with Crippen LogP contribution in [-0.2, 0) is 4.74 Å². The largest absolute Gasteiger partial charge is 0.370 e. The first-order chi connectivity index (χ1) is 12.1. The Hall–Kier alpha value is -2.31. The van der Waals surface area contributed by atoms with Gasteiger partial charge < -0.3 is 15.0 Å². The van der Waals surface area contributed by atoms with Crippen LogP contribution in [0.5, 0.6) is 0 Å². The second-order valence-corrected chi connectivity index (χ2v) is 6.06. The predicted molar refractivity (Wildman–Crippen MR) is 89.4 cm³/mol. The van der Waals surface area contributed by atoms with Crippen molar-refractivity contribution in [1.82, 2.24) is 5.32 Å². The summed E-state index contributed by atoms with van der Waals surface area (Å²) in [7, 11) is 0. The van der Waals surface area contributed by atoms with Gasteiger partial charge in [-0.15, -0.1) is 0 Å². The second-order valence-electron chi connectivity index (χ2n) is 6.06. The van der Waals surface area contributed by atoms with Crippen LogP contribution in [-0.4, -0.2) is 38.8 Å². The van der Waals surface area contributed by atoms with E-state index in [1.54, 1.807) is 24.3 Å². The fourth-order valence-electron chi connectivity index (χ4n) is 3.11. The Kier molecular flexibility index (Phi) is 5.73. The van der Waals surface area contributed by atoms with Gasteiger partial charge in [0, 0.05) is 5.56 Å². The van der Waals surface area contributed by atoms with Crippen molar-refractivity contribution in [3.05, 3.63) is 71.3 Å². The van der Waals surface area contributed by atoms with Crippen LogP contribution in [0.4, 0.5) is 8.78 Å². The third-order valence-corrected chi connectivity index (χ3v) is 4.49. The van der Waals surface area contributed by atoms with Crippen molar-refractivity contribution in [2.75, 3.05) is 32.8 Å². The van der Waals surface area contributed by atoms with E-state index in [4.69, 9.17) is 4.74 Å². The molecule has 0 bridgehead atoms. The molecule has 1 amide bonds. The van der Waals surface area contributed by atoms with E-state index in [1.807, 2.05) is 0 Å². The van der Waals surface area contributed by atoms with Crippen LogP contribution < -0.4 is 10.2 Å². The van der Waals surface area contributed by atoms with Crippen molar-refractivity contribution >= 4 is 5.91 Å². The molecule has 132 valence electrons. The molecule has 1 aliphatic rings. The fourth-order valence-corrected chi connectivity index (χ4v) is 3.11. The van der Waals surface area contributed by atoms with Gasteiger partial charge in [0.15, 0.2) is 0 Å². The zero-order chi connectivity index (χ0) is 17.6. The number of amides is 1. The Labute approximate surface area is 145 Å². The summed E-state index contributed by atoms with van der Waals surface area (Å²) in [4.78, 5) is 13.5. The molecule has 0 saturated carbocycles. The second kappa shape index (κ2) is 8.18. The number of quaternary nitrogens is 1. The zero-order valence-electron chi connectivity index (χ0n) is 13.8. The van der Waals surface area contributed by atoms with E-state index in [9.17, 15) is 13.6 Å². The summed E-state index contributed by atoms with van der Waals surface area (Å²) >= 11 is 0. The summed E-state index contributed by atoms with van der Waals surface area (Å²) in [5.41, 5.74) is 0.962. The van der Waals surface area contributed by atoms with E-state index < -0.39 is 11.7 Å². The maximum absolute atomic E-state index is 13.8. The third-order valence-electron chi connectivity index (χ3n) is 4.49. The highest BCUT2D eigenvalue weighted by atomic mass is 19.1. The quantitative estimate of drug-likeness (QED) is 0.858. The van der Waals surface area contributed by atoms with E-state index in [2.05, 4.69) is 5.32 Å². The van der Waals surface area contributed by atoms with E-state index in [0.717, 1.165) is 18.7 Å². The van der Waals surface area contributed by atoms with Crippen molar-refractivity contribution in [3.8, 4) is 0 Å². The normalized spacial score (nSPS) is 16.4. The van der Waals surface area contributed by atoms with Gasteiger partial charge >= 0.3 is 0 Å². The number of rotatable bonds is 5. The summed E-state index contributed by atoms with van der Waals surface area (Å²) in [5.74, 6) is -1.29. The smallest absolute Gasteiger partial charge is 0.254 e. The van der Waals surface area contributed by atoms with Crippen LogP contribution in [0, 0.1) is 11.6 Å². The summed E-state index contributed by atoms with van der Waals surface area (Å²) in [6.07, 6.45) is 0. The highest BCUT2D eigenvalue weighted by Crippen LogP contribution is 2.12. The van der Waals surface area contributed by atoms with Gasteiger partial charge in [0.25, 0.3) is 5.91 Å². The maximum Gasteiger partial charge on any atom is 0.254 e. The van der Waals surface area contributed by atoms with Gasteiger partial charge in [-0.3, -0.25) is 4.79 Å². The lowest BCUT2D eigenvalue weighted by Gasteiger charge is -2.32. The summed E-state index contributed by atoms with van der Waals surface area (Å²) < 4.78 is 32.4. The van der Waals surface area contributed by atoms with E-state index in [-0.39, 0.29) is 17.4 Å². The molecule has 1 saturated heterocycles. The molecule has 25 heavy (non-hydrogen) atoms. The van der Waals surface area contributed by atoms with Crippen molar-refractivity contribution in [1.29, 1.82) is 0 Å². The Balaban J connectivity index is 1.74. The zero-order valence-corrected chi connectivity index (χ0v) is 13.8. The fraction of sp³-hybridized carbons (Fsp3) is 0.316. The van der Waals surface area contributed by atoms with Gasteiger partial charge in [-0.05, 0) is 24.3 Å². The minimum atomic E-state index is -0.544. The number of nitrogens with one attached hydrogen (secondary N) is 2. The number of morpholine rings is 1. The summed E-state index contributed by atoms with van der Waals surface area (Å²) in [6, 6.07) is 12.2. The van der Waals surface area contributed by atoms with Crippen molar-refractivity contribution in [2.45, 2.75) is 6.04 Å². The molecule has 6 heteroatoms. The highest BCUT2D eigenvalue weighted by molar-refractivity contribution is 5.94. The number of ether oxygens (including phenoxy) is 1. The van der Waals surface area contributed by atoms with Crippen molar-refractivity contribution < 1.29 is 23.2 Å². The van der Waals surface area contributed by atoms with Gasteiger partial charge in [-0.2, -0.15) is 0 Å². The standard InChI is InChI=1S/C19H20F2N2O2/c20-15-7-5-14(6-8-15)18(23-9-11-25-12-10-23)13-22-19(24)16-3-1-2-4-17(16)21/h1-8,18H,9-13H2,(H,22,24)/p+1/t18-/m0/s1. The van der Waals surface area contributed by atoms with Crippen LogP contribution in [0.25, 0.3) is 0 Å². The molecule has 0 aliphatic carbocycles. The molecule has 1 fully saturated rings. The van der Waals surface area contributed by atoms with Gasteiger partial charge in [-0.1, -0.05) is 24.3 Å². The lowest BCUT2D eigenvalue weighted by Crippen LogP contribution is -3.15. The molecule has 1 aliphatic heterocycles. The number of carbonyl (C=O) groups is 1. The summed E-state index contributed by atoms with van der Waals surface area (Å²) in [5, 5.41) is 2.82. The molecule has 4 nitrogen and oxygen atoms in total. The molecule has 0 spiro atoms. The Morgan fingerprint density at radius 2 is 1.76 bits per heavy atom. The molecule has 0 radical (unpaired) electrons. The molecular weight excluding hydrogens is 326 g/mol. The Morgan fingerprint density at radius 3 is 2.44 bits per heavy atom. The van der Waals surface area contributed by atoms with E-state index in [0.29, 0.717) is 19.8 Å². The number of hydrogen-bond donors (Lipinski definition) is 2. The molecule has 0 aromatic heterocycles. The lowest BCUT2D eigenvalue weighted by molar-refractivity contribution is -0.937. The molecule has 2 aromatic rings. The molecule has 1 heterocycles. The monoisotopic (exact) mass is 347 g/mol. The van der Waals surface area contributed by atoms with Crippen molar-refractivity contribution in [3.63, 3.8) is 0 Å². The molecule has 2 N–H and O–H groups in total. The van der Waals surface area contributed by atoms with E-state index >= 15 is 0 Å². The number of hydrogen-bond acceptors (Lipinski definition) is 2. The average molecular weight is 347 g/mol. The van der Waals surface area contributed by atoms with Crippen LogP contribution in [0.3, 0.4) is 0 Å². The molecule has 1 atom stereocenters. The van der Waals surface area contributed by atoms with Crippen LogP contribution >= 0.6 is 0 Å². The lowest BCUT2D eigenvalue weighted by atomic mass is 10.0. The van der Waals surface area contributed by atoms with Crippen molar-refractivity contribution in [2.24, 2.45) is 0 Å². The van der Waals surface area contributed by atoms with Gasteiger partial charge in [0.1, 0.15) is 30.8 Å². The highest BCUT2D eigenvalue weighted by Gasteiger charge is 2.27. The third kappa shape index (κ3) is 4.41. The van der Waals surface area contributed by atoms with Gasteiger partial charge in [-0.25, -0.2) is 8.78 Å².